The summed E-state index contributed by atoms with van der Waals surface area (Å²) in [6.45, 7) is 6.21. The number of amides is 2. The molecule has 0 aliphatic carbocycles. The Kier molecular flexibility index (Phi) is 5.99. The van der Waals surface area contributed by atoms with E-state index < -0.39 is 11.7 Å². The maximum absolute atomic E-state index is 14.6. The van der Waals surface area contributed by atoms with E-state index in [1.807, 2.05) is 36.9 Å². The van der Waals surface area contributed by atoms with Crippen molar-refractivity contribution < 1.29 is 18.7 Å². The molecule has 1 saturated heterocycles. The Morgan fingerprint density at radius 2 is 1.84 bits per heavy atom. The number of ether oxygens (including phenoxy) is 1. The standard InChI is InChI=1S/C23H25FN4O3/c1-15-3-4-16(2)21(13-15)28-22(29)8-6-19(26-28)23(30)25-17-5-7-20(18(24)14-17)27-9-11-31-12-10-27/h3-5,7,13-14H,6,8-12H2,1-2H3,(H,25,30). The van der Waals surface area contributed by atoms with Gasteiger partial charge in [0.2, 0.25) is 5.91 Å². The first kappa shape index (κ1) is 21.0. The van der Waals surface area contributed by atoms with Crippen molar-refractivity contribution in [2.75, 3.05) is 41.5 Å². The lowest BCUT2D eigenvalue weighted by atomic mass is 10.1. The maximum Gasteiger partial charge on any atom is 0.271 e. The Labute approximate surface area is 180 Å². The fraction of sp³-hybridized carbons (Fsp3) is 0.348. The molecule has 2 amide bonds. The van der Waals surface area contributed by atoms with Gasteiger partial charge >= 0.3 is 0 Å². The molecule has 0 unspecified atom stereocenters. The van der Waals surface area contributed by atoms with Crippen LogP contribution in [0.25, 0.3) is 0 Å². The monoisotopic (exact) mass is 424 g/mol. The van der Waals surface area contributed by atoms with E-state index in [0.717, 1.165) is 11.1 Å². The molecule has 31 heavy (non-hydrogen) atoms. The molecule has 0 radical (unpaired) electrons. The summed E-state index contributed by atoms with van der Waals surface area (Å²) in [7, 11) is 0. The van der Waals surface area contributed by atoms with Gasteiger partial charge in [0.15, 0.2) is 0 Å². The van der Waals surface area contributed by atoms with Crippen LogP contribution in [-0.2, 0) is 14.3 Å². The number of rotatable bonds is 4. The minimum Gasteiger partial charge on any atom is -0.378 e. The fourth-order valence-corrected chi connectivity index (χ4v) is 3.70. The summed E-state index contributed by atoms with van der Waals surface area (Å²) in [6, 6.07) is 10.4. The molecular weight excluding hydrogens is 399 g/mol. The van der Waals surface area contributed by atoms with Gasteiger partial charge in [0, 0.05) is 31.6 Å². The highest BCUT2D eigenvalue weighted by molar-refractivity contribution is 6.44. The summed E-state index contributed by atoms with van der Waals surface area (Å²) in [5, 5.41) is 8.32. The molecule has 7 nitrogen and oxygen atoms in total. The quantitative estimate of drug-likeness (QED) is 0.817. The summed E-state index contributed by atoms with van der Waals surface area (Å²) in [5.74, 6) is -1.01. The van der Waals surface area contributed by atoms with Crippen molar-refractivity contribution in [3.8, 4) is 0 Å². The summed E-state index contributed by atoms with van der Waals surface area (Å²) in [5.41, 5.74) is 3.62. The molecule has 1 fully saturated rings. The molecule has 4 rings (SSSR count). The van der Waals surface area contributed by atoms with E-state index in [0.29, 0.717) is 43.4 Å². The van der Waals surface area contributed by atoms with Gasteiger partial charge in [-0.3, -0.25) is 9.59 Å². The number of carbonyl (C=O) groups excluding carboxylic acids is 2. The minimum atomic E-state index is -0.443. The summed E-state index contributed by atoms with van der Waals surface area (Å²) < 4.78 is 19.9. The fourth-order valence-electron chi connectivity index (χ4n) is 3.70. The zero-order chi connectivity index (χ0) is 22.0. The molecule has 2 aliphatic heterocycles. The summed E-state index contributed by atoms with van der Waals surface area (Å²) in [6.07, 6.45) is 0.421. The second-order valence-electron chi connectivity index (χ2n) is 7.76. The Bertz CT molecular complexity index is 1050. The topological polar surface area (TPSA) is 74.2 Å². The number of benzene rings is 2. The van der Waals surface area contributed by atoms with Crippen molar-refractivity contribution in [2.24, 2.45) is 5.10 Å². The smallest absolute Gasteiger partial charge is 0.271 e. The molecule has 8 heteroatoms. The largest absolute Gasteiger partial charge is 0.378 e. The van der Waals surface area contributed by atoms with Crippen LogP contribution in [-0.4, -0.2) is 43.8 Å². The first-order valence-corrected chi connectivity index (χ1v) is 10.3. The Morgan fingerprint density at radius 3 is 2.58 bits per heavy atom. The van der Waals surface area contributed by atoms with Crippen LogP contribution in [0.15, 0.2) is 41.5 Å². The number of carbonyl (C=O) groups is 2. The number of hydrogen-bond donors (Lipinski definition) is 1. The van der Waals surface area contributed by atoms with Crippen LogP contribution in [0.3, 0.4) is 0 Å². The van der Waals surface area contributed by atoms with Gasteiger partial charge in [-0.25, -0.2) is 9.40 Å². The highest BCUT2D eigenvalue weighted by Crippen LogP contribution is 2.27. The number of aryl methyl sites for hydroxylation is 2. The number of nitrogens with one attached hydrogen (secondary N) is 1. The molecule has 0 bridgehead atoms. The van der Waals surface area contributed by atoms with Crippen LogP contribution < -0.4 is 15.2 Å². The zero-order valence-electron chi connectivity index (χ0n) is 17.7. The van der Waals surface area contributed by atoms with Gasteiger partial charge in [0.05, 0.1) is 24.6 Å². The van der Waals surface area contributed by atoms with Crippen LogP contribution in [0.4, 0.5) is 21.5 Å². The van der Waals surface area contributed by atoms with Crippen molar-refractivity contribution >= 4 is 34.6 Å². The van der Waals surface area contributed by atoms with E-state index in [-0.39, 0.29) is 24.5 Å². The lowest BCUT2D eigenvalue weighted by molar-refractivity contribution is -0.118. The highest BCUT2D eigenvalue weighted by atomic mass is 19.1. The molecule has 1 N–H and O–H groups in total. The third kappa shape index (κ3) is 4.59. The van der Waals surface area contributed by atoms with Crippen molar-refractivity contribution in [3.05, 3.63) is 53.3 Å². The van der Waals surface area contributed by atoms with E-state index in [2.05, 4.69) is 10.4 Å². The van der Waals surface area contributed by atoms with Crippen LogP contribution in [0, 0.1) is 19.7 Å². The van der Waals surface area contributed by atoms with Crippen molar-refractivity contribution in [1.29, 1.82) is 0 Å². The lowest BCUT2D eigenvalue weighted by Crippen LogP contribution is -2.37. The molecule has 2 aliphatic rings. The Balaban J connectivity index is 1.52. The highest BCUT2D eigenvalue weighted by Gasteiger charge is 2.27. The first-order chi connectivity index (χ1) is 14.9. The van der Waals surface area contributed by atoms with Crippen LogP contribution >= 0.6 is 0 Å². The predicted octanol–water partition coefficient (Wildman–Crippen LogP) is 3.40. The van der Waals surface area contributed by atoms with Crippen LogP contribution in [0.1, 0.15) is 24.0 Å². The molecule has 2 heterocycles. The van der Waals surface area contributed by atoms with E-state index in [9.17, 15) is 14.0 Å². The minimum absolute atomic E-state index is 0.161. The second kappa shape index (κ2) is 8.85. The molecular formula is C23H25FN4O3. The number of hydrazone groups is 1. The molecule has 0 atom stereocenters. The third-order valence-corrected chi connectivity index (χ3v) is 5.44. The van der Waals surface area contributed by atoms with Crippen LogP contribution in [0.2, 0.25) is 0 Å². The average molecular weight is 424 g/mol. The van der Waals surface area contributed by atoms with E-state index in [4.69, 9.17) is 4.74 Å². The van der Waals surface area contributed by atoms with Gasteiger partial charge < -0.3 is 15.0 Å². The average Bonchev–Trinajstić information content (AvgIpc) is 2.76. The van der Waals surface area contributed by atoms with E-state index in [1.54, 1.807) is 12.1 Å². The van der Waals surface area contributed by atoms with Crippen molar-refractivity contribution in [2.45, 2.75) is 26.7 Å². The van der Waals surface area contributed by atoms with Gasteiger partial charge in [-0.05, 0) is 49.2 Å². The molecule has 2 aromatic carbocycles. The molecule has 2 aromatic rings. The zero-order valence-corrected chi connectivity index (χ0v) is 17.7. The number of morpholine rings is 1. The number of halogens is 1. The Hall–Kier alpha value is -3.26. The maximum atomic E-state index is 14.6. The van der Waals surface area contributed by atoms with Gasteiger partial charge in [-0.1, -0.05) is 12.1 Å². The van der Waals surface area contributed by atoms with Gasteiger partial charge in [-0.15, -0.1) is 0 Å². The normalized spacial score (nSPS) is 16.9. The summed E-state index contributed by atoms with van der Waals surface area (Å²) >= 11 is 0. The third-order valence-electron chi connectivity index (χ3n) is 5.44. The number of hydrogen-bond acceptors (Lipinski definition) is 5. The second-order valence-corrected chi connectivity index (χ2v) is 7.76. The number of nitrogens with zero attached hydrogens (tertiary/aromatic N) is 3. The van der Waals surface area contributed by atoms with E-state index >= 15 is 0 Å². The molecule has 0 spiro atoms. The molecule has 0 aromatic heterocycles. The van der Waals surface area contributed by atoms with Crippen LogP contribution in [0.5, 0.6) is 0 Å². The lowest BCUT2D eigenvalue weighted by Gasteiger charge is -2.29. The molecule has 162 valence electrons. The van der Waals surface area contributed by atoms with Gasteiger partial charge in [0.25, 0.3) is 5.91 Å². The summed E-state index contributed by atoms with van der Waals surface area (Å²) in [4.78, 5) is 27.1. The number of anilines is 3. The van der Waals surface area contributed by atoms with E-state index in [1.165, 1.54) is 11.1 Å². The first-order valence-electron chi connectivity index (χ1n) is 10.3. The van der Waals surface area contributed by atoms with Crippen molar-refractivity contribution in [3.63, 3.8) is 0 Å². The van der Waals surface area contributed by atoms with Crippen molar-refractivity contribution in [1.82, 2.24) is 0 Å². The van der Waals surface area contributed by atoms with Gasteiger partial charge in [0.1, 0.15) is 11.5 Å². The van der Waals surface area contributed by atoms with Gasteiger partial charge in [-0.2, -0.15) is 5.10 Å². The molecule has 0 saturated carbocycles. The predicted molar refractivity (Wildman–Crippen MR) is 118 cm³/mol. The SMILES string of the molecule is Cc1ccc(C)c(N2N=C(C(=O)Nc3ccc(N4CCOCC4)c(F)c3)CCC2=O)c1. The Morgan fingerprint density at radius 1 is 1.06 bits per heavy atom.